The second kappa shape index (κ2) is 11.0. The molecule has 0 atom stereocenters. The highest BCUT2D eigenvalue weighted by Crippen LogP contribution is 2.42. The fraction of sp³-hybridized carbons (Fsp3) is 0.485. The van der Waals surface area contributed by atoms with Crippen LogP contribution in [0.25, 0.3) is 0 Å². The topological polar surface area (TPSA) is 85.9 Å². The van der Waals surface area contributed by atoms with Crippen LogP contribution in [-0.2, 0) is 11.3 Å². The molecule has 2 fully saturated rings. The number of aromatic amines is 1. The fourth-order valence-electron chi connectivity index (χ4n) is 6.99. The van der Waals surface area contributed by atoms with E-state index in [4.69, 9.17) is 9.84 Å². The highest BCUT2D eigenvalue weighted by atomic mass is 16.5. The van der Waals surface area contributed by atoms with E-state index in [9.17, 15) is 4.79 Å². The molecule has 3 heterocycles. The number of hydrogen-bond donors (Lipinski definition) is 2. The van der Waals surface area contributed by atoms with Crippen LogP contribution in [0.1, 0.15) is 84.0 Å². The Labute approximate surface area is 243 Å². The van der Waals surface area contributed by atoms with Crippen molar-refractivity contribution in [1.29, 1.82) is 0 Å². The molecular weight excluding hydrogens is 512 g/mol. The van der Waals surface area contributed by atoms with Crippen molar-refractivity contribution in [3.8, 4) is 0 Å². The Balaban J connectivity index is 1.40. The molecule has 2 N–H and O–H groups in total. The zero-order chi connectivity index (χ0) is 28.6. The first-order valence-corrected chi connectivity index (χ1v) is 15.0. The van der Waals surface area contributed by atoms with Crippen LogP contribution in [0.2, 0.25) is 0 Å². The zero-order valence-electron chi connectivity index (χ0n) is 24.7. The van der Waals surface area contributed by atoms with Gasteiger partial charge in [0.2, 0.25) is 0 Å². The van der Waals surface area contributed by atoms with Crippen LogP contribution in [0.5, 0.6) is 0 Å². The van der Waals surface area contributed by atoms with Crippen LogP contribution in [0.15, 0.2) is 66.0 Å². The third-order valence-corrected chi connectivity index (χ3v) is 8.51. The Morgan fingerprint density at radius 2 is 1.68 bits per heavy atom. The number of anilines is 3. The minimum absolute atomic E-state index is 0.0779. The average Bonchev–Trinajstić information content (AvgIpc) is 3.42. The van der Waals surface area contributed by atoms with E-state index in [1.165, 1.54) is 19.3 Å². The minimum atomic E-state index is -0.363. The highest BCUT2D eigenvalue weighted by Gasteiger charge is 2.45. The van der Waals surface area contributed by atoms with Gasteiger partial charge >= 0.3 is 6.03 Å². The van der Waals surface area contributed by atoms with E-state index < -0.39 is 0 Å². The number of urea groups is 1. The van der Waals surface area contributed by atoms with Crippen molar-refractivity contribution >= 4 is 28.8 Å². The number of amides is 2. The number of hydrogen-bond acceptors (Lipinski definition) is 5. The summed E-state index contributed by atoms with van der Waals surface area (Å²) in [5.74, 6) is 1.21. The van der Waals surface area contributed by atoms with Gasteiger partial charge < -0.3 is 15.0 Å². The second-order valence-corrected chi connectivity index (χ2v) is 12.9. The lowest BCUT2D eigenvalue weighted by atomic mass is 9.82. The van der Waals surface area contributed by atoms with Gasteiger partial charge in [0.25, 0.3) is 0 Å². The number of nitrogens with one attached hydrogen (secondary N) is 2. The Morgan fingerprint density at radius 3 is 2.37 bits per heavy atom. The molecule has 41 heavy (non-hydrogen) atoms. The summed E-state index contributed by atoms with van der Waals surface area (Å²) >= 11 is 0. The highest BCUT2D eigenvalue weighted by molar-refractivity contribution is 6.13. The third kappa shape index (κ3) is 5.89. The standard InChI is InChI=1S/C33H42N6O2/c1-32(2)20-26(21-33(3,4)41-32)39-31(40)38(25-16-14-24(15-17-25)36-22-29-34-18-19-35-29)28-13-9-8-12-27(28)30(37-39)23-10-6-5-7-11-23/h8-9,12-19,23,26,36H,5-7,10-11,20-22H2,1-4H3,(H,34,35). The summed E-state index contributed by atoms with van der Waals surface area (Å²) in [6.45, 7) is 9.08. The summed E-state index contributed by atoms with van der Waals surface area (Å²) in [5.41, 5.74) is 4.06. The van der Waals surface area contributed by atoms with Crippen LogP contribution >= 0.6 is 0 Å². The predicted octanol–water partition coefficient (Wildman–Crippen LogP) is 7.62. The molecule has 1 aromatic heterocycles. The number of nitrogens with zero attached hydrogens (tertiary/aromatic N) is 4. The third-order valence-electron chi connectivity index (χ3n) is 8.51. The maximum absolute atomic E-state index is 14.7. The van der Waals surface area contributed by atoms with Crippen LogP contribution < -0.4 is 10.2 Å². The largest absolute Gasteiger partial charge is 0.378 e. The Hall–Kier alpha value is -3.65. The zero-order valence-corrected chi connectivity index (χ0v) is 24.7. The molecule has 1 saturated heterocycles. The van der Waals surface area contributed by atoms with Gasteiger partial charge in [0.15, 0.2) is 0 Å². The SMILES string of the molecule is CC1(C)CC(N2N=C(C3CCCCC3)c3ccccc3N(c3ccc(NCc4ncc[nH]4)cc3)C2=O)CC(C)(C)O1. The number of benzene rings is 2. The van der Waals surface area contributed by atoms with Gasteiger partial charge in [-0.15, -0.1) is 0 Å². The molecule has 6 rings (SSSR count). The summed E-state index contributed by atoms with van der Waals surface area (Å²) in [6, 6.07) is 16.2. The number of imidazole rings is 1. The number of carbonyl (C=O) groups excluding carboxylic acids is 1. The molecular formula is C33H42N6O2. The van der Waals surface area contributed by atoms with Gasteiger partial charge in [0.05, 0.1) is 40.9 Å². The lowest BCUT2D eigenvalue weighted by molar-refractivity contribution is -0.172. The number of para-hydroxylation sites is 1. The molecule has 1 aliphatic carbocycles. The van der Waals surface area contributed by atoms with Crippen molar-refractivity contribution in [2.45, 2.75) is 96.4 Å². The average molecular weight is 555 g/mol. The van der Waals surface area contributed by atoms with E-state index in [-0.39, 0.29) is 23.3 Å². The molecule has 2 amide bonds. The normalized spacial score (nSPS) is 21.3. The van der Waals surface area contributed by atoms with Crippen LogP contribution in [0, 0.1) is 5.92 Å². The summed E-state index contributed by atoms with van der Waals surface area (Å²) in [5, 5.41) is 10.5. The van der Waals surface area contributed by atoms with E-state index >= 15 is 0 Å². The summed E-state index contributed by atoms with van der Waals surface area (Å²) < 4.78 is 6.41. The van der Waals surface area contributed by atoms with Gasteiger partial charge in [-0.1, -0.05) is 37.5 Å². The molecule has 216 valence electrons. The molecule has 2 aliphatic heterocycles. The predicted molar refractivity (Wildman–Crippen MR) is 164 cm³/mol. The van der Waals surface area contributed by atoms with Gasteiger partial charge in [-0.05, 0) is 83.7 Å². The van der Waals surface area contributed by atoms with Crippen molar-refractivity contribution < 1.29 is 9.53 Å². The van der Waals surface area contributed by atoms with Crippen molar-refractivity contribution in [3.63, 3.8) is 0 Å². The first-order valence-electron chi connectivity index (χ1n) is 15.0. The maximum Gasteiger partial charge on any atom is 0.349 e. The Bertz CT molecular complexity index is 1370. The molecule has 0 spiro atoms. The summed E-state index contributed by atoms with van der Waals surface area (Å²) in [4.78, 5) is 24.0. The molecule has 8 heteroatoms. The maximum atomic E-state index is 14.7. The molecule has 3 aromatic rings. The molecule has 3 aliphatic rings. The van der Waals surface area contributed by atoms with E-state index in [1.807, 2.05) is 41.4 Å². The number of hydrazone groups is 1. The molecule has 0 radical (unpaired) electrons. The number of H-pyrrole nitrogens is 1. The van der Waals surface area contributed by atoms with Crippen LogP contribution in [-0.4, -0.2) is 44.0 Å². The van der Waals surface area contributed by atoms with Gasteiger partial charge in [-0.3, -0.25) is 4.90 Å². The van der Waals surface area contributed by atoms with Crippen molar-refractivity contribution in [1.82, 2.24) is 15.0 Å². The van der Waals surface area contributed by atoms with Crippen LogP contribution in [0.3, 0.4) is 0 Å². The number of rotatable bonds is 6. The number of carbonyl (C=O) groups is 1. The lowest BCUT2D eigenvalue weighted by Crippen LogP contribution is -2.54. The van der Waals surface area contributed by atoms with E-state index in [2.05, 4.69) is 61.2 Å². The number of aromatic nitrogens is 2. The lowest BCUT2D eigenvalue weighted by Gasteiger charge is -2.47. The van der Waals surface area contributed by atoms with Gasteiger partial charge in [-0.2, -0.15) is 5.10 Å². The first kappa shape index (κ1) is 27.5. The molecule has 1 saturated carbocycles. The smallest absolute Gasteiger partial charge is 0.349 e. The Kier molecular flexibility index (Phi) is 7.36. The van der Waals surface area contributed by atoms with Crippen molar-refractivity contribution in [2.75, 3.05) is 10.2 Å². The number of fused-ring (bicyclic) bond motifs is 1. The van der Waals surface area contributed by atoms with Crippen molar-refractivity contribution in [3.05, 3.63) is 72.3 Å². The molecule has 0 bridgehead atoms. The monoisotopic (exact) mass is 554 g/mol. The molecule has 2 aromatic carbocycles. The van der Waals surface area contributed by atoms with E-state index in [0.717, 1.165) is 59.8 Å². The van der Waals surface area contributed by atoms with Crippen molar-refractivity contribution in [2.24, 2.45) is 11.0 Å². The summed E-state index contributed by atoms with van der Waals surface area (Å²) in [7, 11) is 0. The summed E-state index contributed by atoms with van der Waals surface area (Å²) in [6.07, 6.45) is 10.9. The number of ether oxygens (including phenoxy) is 1. The fourth-order valence-corrected chi connectivity index (χ4v) is 6.99. The second-order valence-electron chi connectivity index (χ2n) is 12.9. The van der Waals surface area contributed by atoms with Gasteiger partial charge in [0, 0.05) is 29.6 Å². The van der Waals surface area contributed by atoms with E-state index in [1.54, 1.807) is 11.2 Å². The van der Waals surface area contributed by atoms with Crippen LogP contribution in [0.4, 0.5) is 21.9 Å². The molecule has 8 nitrogen and oxygen atoms in total. The van der Waals surface area contributed by atoms with Gasteiger partial charge in [-0.25, -0.2) is 14.8 Å². The Morgan fingerprint density at radius 1 is 0.976 bits per heavy atom. The molecule has 0 unspecified atom stereocenters. The van der Waals surface area contributed by atoms with E-state index in [0.29, 0.717) is 12.5 Å². The van der Waals surface area contributed by atoms with Gasteiger partial charge in [0.1, 0.15) is 5.82 Å². The quantitative estimate of drug-likeness (QED) is 0.328. The minimum Gasteiger partial charge on any atom is -0.378 e. The first-order chi connectivity index (χ1) is 19.7.